The van der Waals surface area contributed by atoms with Crippen LogP contribution in [0.5, 0.6) is 11.5 Å². The number of ether oxygens (including phenoxy) is 1. The zero-order valence-corrected chi connectivity index (χ0v) is 11.6. The van der Waals surface area contributed by atoms with Crippen molar-refractivity contribution >= 4 is 26.7 Å². The van der Waals surface area contributed by atoms with Crippen molar-refractivity contribution in [3.8, 4) is 11.5 Å². The minimum absolute atomic E-state index is 0.250. The Bertz CT molecular complexity index is 718. The highest BCUT2D eigenvalue weighted by molar-refractivity contribution is 9.10. The van der Waals surface area contributed by atoms with Gasteiger partial charge in [-0.15, -0.1) is 0 Å². The van der Waals surface area contributed by atoms with Crippen LogP contribution in [0.25, 0.3) is 10.8 Å². The molecule has 3 aromatic rings. The quantitative estimate of drug-likeness (QED) is 0.774. The van der Waals surface area contributed by atoms with Gasteiger partial charge in [-0.05, 0) is 63.1 Å². The Hall–Kier alpha value is -1.94. The maximum atomic E-state index is 9.47. The number of phenolic OH excluding ortho intramolecular Hbond substituents is 1. The molecule has 1 aromatic heterocycles. The van der Waals surface area contributed by atoms with Gasteiger partial charge in [-0.3, -0.25) is 0 Å². The van der Waals surface area contributed by atoms with Crippen LogP contribution in [0.4, 0.5) is 0 Å². The molecule has 0 aliphatic rings. The summed E-state index contributed by atoms with van der Waals surface area (Å²) in [4.78, 5) is 0. The summed E-state index contributed by atoms with van der Waals surface area (Å²) < 4.78 is 11.7. The average Bonchev–Trinajstić information content (AvgIpc) is 2.81. The van der Waals surface area contributed by atoms with Gasteiger partial charge in [0.15, 0.2) is 4.67 Å². The number of phenols is 1. The molecule has 0 spiro atoms. The zero-order valence-electron chi connectivity index (χ0n) is 9.97. The van der Waals surface area contributed by atoms with Crippen molar-refractivity contribution in [3.05, 3.63) is 59.0 Å². The number of aromatic hydroxyl groups is 1. The van der Waals surface area contributed by atoms with E-state index < -0.39 is 0 Å². The van der Waals surface area contributed by atoms with Crippen molar-refractivity contribution in [2.24, 2.45) is 0 Å². The number of furan rings is 1. The third-order valence-corrected chi connectivity index (χ3v) is 3.23. The molecule has 0 fully saturated rings. The first-order valence-electron chi connectivity index (χ1n) is 5.80. The molecule has 0 aliphatic carbocycles. The summed E-state index contributed by atoms with van der Waals surface area (Å²) in [6, 6.07) is 14.7. The second kappa shape index (κ2) is 4.97. The van der Waals surface area contributed by atoms with Crippen LogP contribution in [0, 0.1) is 0 Å². The van der Waals surface area contributed by atoms with Gasteiger partial charge >= 0.3 is 0 Å². The zero-order chi connectivity index (χ0) is 13.2. The molecule has 0 bridgehead atoms. The fraction of sp³-hybridized carbons (Fsp3) is 0.0667. The second-order valence-electron chi connectivity index (χ2n) is 4.19. The normalized spacial score (nSPS) is 10.8. The van der Waals surface area contributed by atoms with Gasteiger partial charge in [0.2, 0.25) is 0 Å². The van der Waals surface area contributed by atoms with Crippen LogP contribution in [0.1, 0.15) is 5.76 Å². The topological polar surface area (TPSA) is 42.6 Å². The Labute approximate surface area is 118 Å². The van der Waals surface area contributed by atoms with Crippen molar-refractivity contribution in [1.82, 2.24) is 0 Å². The molecule has 4 heteroatoms. The third-order valence-electron chi connectivity index (χ3n) is 2.81. The maximum Gasteiger partial charge on any atom is 0.169 e. The van der Waals surface area contributed by atoms with Crippen LogP contribution in [0.3, 0.4) is 0 Å². The lowest BCUT2D eigenvalue weighted by Gasteiger charge is -2.06. The summed E-state index contributed by atoms with van der Waals surface area (Å²) in [6.45, 7) is 0.371. The summed E-state index contributed by atoms with van der Waals surface area (Å²) in [7, 11) is 0. The number of rotatable bonds is 3. The van der Waals surface area contributed by atoms with Gasteiger partial charge in [0, 0.05) is 0 Å². The number of fused-ring (bicyclic) bond motifs is 1. The summed E-state index contributed by atoms with van der Waals surface area (Å²) in [5.74, 6) is 1.74. The molecule has 19 heavy (non-hydrogen) atoms. The van der Waals surface area contributed by atoms with E-state index in [1.807, 2.05) is 36.4 Å². The third kappa shape index (κ3) is 2.74. The van der Waals surface area contributed by atoms with E-state index in [4.69, 9.17) is 9.15 Å². The largest absolute Gasteiger partial charge is 0.508 e. The monoisotopic (exact) mass is 318 g/mol. The predicted molar refractivity (Wildman–Crippen MR) is 76.4 cm³/mol. The first-order chi connectivity index (χ1) is 9.20. The molecule has 0 unspecified atom stereocenters. The van der Waals surface area contributed by atoms with E-state index in [0.29, 0.717) is 11.3 Å². The van der Waals surface area contributed by atoms with Crippen LogP contribution in [0.2, 0.25) is 0 Å². The van der Waals surface area contributed by atoms with Gasteiger partial charge in [-0.1, -0.05) is 12.1 Å². The highest BCUT2D eigenvalue weighted by Gasteiger charge is 2.02. The van der Waals surface area contributed by atoms with E-state index in [2.05, 4.69) is 15.9 Å². The van der Waals surface area contributed by atoms with Gasteiger partial charge in [0.25, 0.3) is 0 Å². The summed E-state index contributed by atoms with van der Waals surface area (Å²) in [6.07, 6.45) is 0. The smallest absolute Gasteiger partial charge is 0.169 e. The number of benzene rings is 2. The van der Waals surface area contributed by atoms with E-state index in [9.17, 15) is 5.11 Å². The Morgan fingerprint density at radius 3 is 2.63 bits per heavy atom. The van der Waals surface area contributed by atoms with Crippen molar-refractivity contribution < 1.29 is 14.3 Å². The van der Waals surface area contributed by atoms with Gasteiger partial charge in [-0.25, -0.2) is 0 Å². The lowest BCUT2D eigenvalue weighted by atomic mass is 10.1. The average molecular weight is 319 g/mol. The van der Waals surface area contributed by atoms with Crippen molar-refractivity contribution in [3.63, 3.8) is 0 Å². The van der Waals surface area contributed by atoms with Crippen molar-refractivity contribution in [2.45, 2.75) is 6.61 Å². The van der Waals surface area contributed by atoms with Crippen LogP contribution < -0.4 is 4.74 Å². The standard InChI is InChI=1S/C15H11BrO3/c16-15-6-5-14(19-15)9-18-13-4-2-10-1-3-12(17)7-11(10)8-13/h1-8,17H,9H2. The van der Waals surface area contributed by atoms with Gasteiger partial charge in [-0.2, -0.15) is 0 Å². The fourth-order valence-electron chi connectivity index (χ4n) is 1.89. The molecular formula is C15H11BrO3. The predicted octanol–water partition coefficient (Wildman–Crippen LogP) is 4.48. The number of halogens is 1. The molecule has 3 rings (SSSR count). The Kier molecular flexibility index (Phi) is 3.17. The van der Waals surface area contributed by atoms with E-state index in [1.165, 1.54) is 0 Å². The summed E-state index contributed by atoms with van der Waals surface area (Å²) >= 11 is 3.25. The highest BCUT2D eigenvalue weighted by Crippen LogP contribution is 2.25. The van der Waals surface area contributed by atoms with E-state index in [0.717, 1.165) is 22.3 Å². The maximum absolute atomic E-state index is 9.47. The lowest BCUT2D eigenvalue weighted by molar-refractivity contribution is 0.268. The Balaban J connectivity index is 1.81. The molecule has 2 aromatic carbocycles. The molecule has 1 N–H and O–H groups in total. The highest BCUT2D eigenvalue weighted by atomic mass is 79.9. The first-order valence-corrected chi connectivity index (χ1v) is 6.60. The lowest BCUT2D eigenvalue weighted by Crippen LogP contribution is -1.93. The molecule has 0 radical (unpaired) electrons. The van der Waals surface area contributed by atoms with Gasteiger partial charge < -0.3 is 14.3 Å². The van der Waals surface area contributed by atoms with Crippen LogP contribution in [0.15, 0.2) is 57.6 Å². The minimum Gasteiger partial charge on any atom is -0.508 e. The van der Waals surface area contributed by atoms with E-state index in [-0.39, 0.29) is 5.75 Å². The van der Waals surface area contributed by atoms with Crippen molar-refractivity contribution in [2.75, 3.05) is 0 Å². The molecule has 1 heterocycles. The molecule has 96 valence electrons. The van der Waals surface area contributed by atoms with Gasteiger partial charge in [0.05, 0.1) is 0 Å². The molecule has 0 aliphatic heterocycles. The molecule has 3 nitrogen and oxygen atoms in total. The van der Waals surface area contributed by atoms with Crippen LogP contribution >= 0.6 is 15.9 Å². The summed E-state index contributed by atoms with van der Waals surface area (Å²) in [5.41, 5.74) is 0. The Morgan fingerprint density at radius 1 is 1.00 bits per heavy atom. The Morgan fingerprint density at radius 2 is 1.84 bits per heavy atom. The second-order valence-corrected chi connectivity index (χ2v) is 4.97. The van der Waals surface area contributed by atoms with E-state index in [1.54, 1.807) is 12.1 Å². The molecule has 0 saturated heterocycles. The molecule has 0 amide bonds. The molecule has 0 atom stereocenters. The first kappa shape index (κ1) is 12.1. The summed E-state index contributed by atoms with van der Waals surface area (Å²) in [5, 5.41) is 11.5. The van der Waals surface area contributed by atoms with Crippen LogP contribution in [-0.4, -0.2) is 5.11 Å². The van der Waals surface area contributed by atoms with Gasteiger partial charge in [0.1, 0.15) is 23.9 Å². The van der Waals surface area contributed by atoms with Crippen molar-refractivity contribution in [1.29, 1.82) is 0 Å². The SMILES string of the molecule is Oc1ccc2ccc(OCc3ccc(Br)o3)cc2c1. The van der Waals surface area contributed by atoms with Crippen LogP contribution in [-0.2, 0) is 6.61 Å². The minimum atomic E-state index is 0.250. The number of hydrogen-bond donors (Lipinski definition) is 1. The van der Waals surface area contributed by atoms with E-state index >= 15 is 0 Å². The molecular weight excluding hydrogens is 308 g/mol. The fourth-order valence-corrected chi connectivity index (χ4v) is 2.23. The number of hydrogen-bond acceptors (Lipinski definition) is 3. The molecule has 0 saturated carbocycles.